The number of halogens is 9. The van der Waals surface area contributed by atoms with Gasteiger partial charge < -0.3 is 19.6 Å². The van der Waals surface area contributed by atoms with E-state index in [2.05, 4.69) is 9.97 Å². The summed E-state index contributed by atoms with van der Waals surface area (Å²) < 4.78 is 131. The monoisotopic (exact) mass is 780 g/mol. The average molecular weight is 781 g/mol. The molecule has 53 heavy (non-hydrogen) atoms. The van der Waals surface area contributed by atoms with Gasteiger partial charge in [-0.1, -0.05) is 0 Å². The molecule has 4 rings (SSSR count). The van der Waals surface area contributed by atoms with Crippen molar-refractivity contribution in [3.63, 3.8) is 0 Å². The molecule has 17 heteroatoms. The van der Waals surface area contributed by atoms with Gasteiger partial charge in [0.2, 0.25) is 5.95 Å². The van der Waals surface area contributed by atoms with Crippen molar-refractivity contribution in [2.75, 3.05) is 41.5 Å². The van der Waals surface area contributed by atoms with Crippen LogP contribution >= 0.6 is 11.8 Å². The van der Waals surface area contributed by atoms with Crippen LogP contribution in [-0.4, -0.2) is 52.7 Å². The maximum absolute atomic E-state index is 14.1. The van der Waals surface area contributed by atoms with Crippen molar-refractivity contribution >= 4 is 29.4 Å². The number of aromatic nitrogens is 2. The molecule has 1 atom stereocenters. The number of alkyl halides is 9. The van der Waals surface area contributed by atoms with Crippen LogP contribution in [0.3, 0.4) is 0 Å². The van der Waals surface area contributed by atoms with Gasteiger partial charge in [-0.15, -0.1) is 0 Å². The van der Waals surface area contributed by atoms with E-state index >= 15 is 0 Å². The van der Waals surface area contributed by atoms with Crippen LogP contribution in [-0.2, 0) is 29.9 Å². The zero-order valence-electron chi connectivity index (χ0n) is 29.3. The first-order valence-corrected chi connectivity index (χ1v) is 18.4. The van der Waals surface area contributed by atoms with E-state index in [1.54, 1.807) is 0 Å². The first-order chi connectivity index (χ1) is 24.8. The van der Waals surface area contributed by atoms with Gasteiger partial charge in [-0.2, -0.15) is 51.3 Å². The molecule has 1 N–H and O–H groups in total. The Kier molecular flexibility index (Phi) is 13.8. The number of anilines is 2. The predicted octanol–water partition coefficient (Wildman–Crippen LogP) is 10.1. The minimum atomic E-state index is -5.13. The summed E-state index contributed by atoms with van der Waals surface area (Å²) in [7, 11) is 0. The van der Waals surface area contributed by atoms with Gasteiger partial charge in [0.25, 0.3) is 0 Å². The van der Waals surface area contributed by atoms with Crippen molar-refractivity contribution in [2.24, 2.45) is 11.8 Å². The topological polar surface area (TPSA) is 78.8 Å². The third-order valence-electron chi connectivity index (χ3n) is 9.37. The zero-order valence-corrected chi connectivity index (χ0v) is 30.1. The van der Waals surface area contributed by atoms with Crippen LogP contribution < -0.4 is 14.5 Å². The molecule has 0 aliphatic heterocycles. The molecule has 1 saturated carbocycles. The summed E-state index contributed by atoms with van der Waals surface area (Å²) in [4.78, 5) is 22.9. The van der Waals surface area contributed by atoms with Gasteiger partial charge >= 0.3 is 24.5 Å². The van der Waals surface area contributed by atoms with Crippen LogP contribution in [0.15, 0.2) is 48.8 Å². The van der Waals surface area contributed by atoms with Crippen LogP contribution in [0, 0.1) is 11.8 Å². The maximum atomic E-state index is 14.1. The lowest BCUT2D eigenvalue weighted by Crippen LogP contribution is -2.34. The van der Waals surface area contributed by atoms with Crippen LogP contribution in [0.4, 0.5) is 51.1 Å². The number of ether oxygens (including phenoxy) is 1. The highest BCUT2D eigenvalue weighted by atomic mass is 32.2. The van der Waals surface area contributed by atoms with E-state index in [1.807, 2.05) is 18.1 Å². The highest BCUT2D eigenvalue weighted by Gasteiger charge is 2.38. The number of carboxylic acids is 1. The molecule has 3 aromatic rings. The Bertz CT molecular complexity index is 1630. The van der Waals surface area contributed by atoms with Crippen LogP contribution in [0.2, 0.25) is 0 Å². The lowest BCUT2D eigenvalue weighted by atomic mass is 9.80. The van der Waals surface area contributed by atoms with Crippen molar-refractivity contribution in [1.82, 2.24) is 9.97 Å². The summed E-state index contributed by atoms with van der Waals surface area (Å²) >= 11 is 1.52. The molecule has 7 nitrogen and oxygen atoms in total. The largest absolute Gasteiger partial charge is 0.489 e. The predicted molar refractivity (Wildman–Crippen MR) is 184 cm³/mol. The van der Waals surface area contributed by atoms with E-state index in [-0.39, 0.29) is 41.6 Å². The minimum Gasteiger partial charge on any atom is -0.489 e. The normalized spacial score (nSPS) is 17.4. The maximum Gasteiger partial charge on any atom is 0.416 e. The Morgan fingerprint density at radius 2 is 1.45 bits per heavy atom. The van der Waals surface area contributed by atoms with E-state index in [4.69, 9.17) is 4.74 Å². The molecule has 0 bridgehead atoms. The van der Waals surface area contributed by atoms with Crippen LogP contribution in [0.5, 0.6) is 5.75 Å². The first kappa shape index (κ1) is 41.9. The first-order valence-electron chi connectivity index (χ1n) is 17.0. The zero-order chi connectivity index (χ0) is 39.1. The third kappa shape index (κ3) is 11.5. The number of hydrogen-bond acceptors (Lipinski definition) is 7. The Labute approximate surface area is 305 Å². The highest BCUT2D eigenvalue weighted by Crippen LogP contribution is 2.41. The van der Waals surface area contributed by atoms with Gasteiger partial charge in [-0.25, -0.2) is 9.97 Å². The molecule has 0 amide bonds. The van der Waals surface area contributed by atoms with Crippen molar-refractivity contribution < 1.29 is 54.2 Å². The Balaban J connectivity index is 1.80. The SMILES string of the molecule is CCN(C[C@H]1CC[C@H](CC(=O)O)CC1)c1ccc(C(F)(F)F)cc1CN(c1ncc(OCCSC)cn1)[C@@H](C)c1cc(C(F)(F)F)cc(C(F)(F)F)c1. The van der Waals surface area contributed by atoms with Crippen molar-refractivity contribution in [3.8, 4) is 5.75 Å². The summed E-state index contributed by atoms with van der Waals surface area (Å²) in [6, 6.07) is 3.04. The number of rotatable bonds is 15. The van der Waals surface area contributed by atoms with Crippen LogP contribution in [0.25, 0.3) is 0 Å². The second-order valence-electron chi connectivity index (χ2n) is 13.1. The van der Waals surface area contributed by atoms with Crippen LogP contribution in [0.1, 0.15) is 79.8 Å². The summed E-state index contributed by atoms with van der Waals surface area (Å²) in [5.41, 5.74) is -3.99. The Morgan fingerprint density at radius 3 is 1.96 bits per heavy atom. The number of nitrogens with zero attached hydrogens (tertiary/aromatic N) is 4. The second kappa shape index (κ2) is 17.5. The quantitative estimate of drug-likeness (QED) is 0.121. The summed E-state index contributed by atoms with van der Waals surface area (Å²) in [5, 5.41) is 9.19. The fourth-order valence-electron chi connectivity index (χ4n) is 6.51. The molecule has 0 spiro atoms. The fraction of sp³-hybridized carbons (Fsp3) is 0.528. The van der Waals surface area contributed by atoms with E-state index < -0.39 is 59.3 Å². The molecule has 0 radical (unpaired) electrons. The molecule has 1 aliphatic carbocycles. The number of thioether (sulfide) groups is 1. The molecular formula is C36H41F9N4O3S. The summed E-state index contributed by atoms with van der Waals surface area (Å²) in [6.07, 6.45) is -7.74. The van der Waals surface area contributed by atoms with Gasteiger partial charge in [0.1, 0.15) is 0 Å². The third-order valence-corrected chi connectivity index (χ3v) is 9.94. The smallest absolute Gasteiger partial charge is 0.416 e. The van der Waals surface area contributed by atoms with Gasteiger partial charge in [0.15, 0.2) is 5.75 Å². The molecule has 1 aliphatic rings. The number of aliphatic carboxylic acids is 1. The lowest BCUT2D eigenvalue weighted by molar-refractivity contribution is -0.143. The van der Waals surface area contributed by atoms with E-state index in [0.29, 0.717) is 69.0 Å². The van der Waals surface area contributed by atoms with E-state index in [9.17, 15) is 49.4 Å². The molecule has 1 aromatic heterocycles. The molecule has 1 fully saturated rings. The highest BCUT2D eigenvalue weighted by molar-refractivity contribution is 7.98. The fourth-order valence-corrected chi connectivity index (χ4v) is 6.76. The number of carbonyl (C=O) groups is 1. The number of benzene rings is 2. The van der Waals surface area contributed by atoms with Crippen molar-refractivity contribution in [1.29, 1.82) is 0 Å². The lowest BCUT2D eigenvalue weighted by Gasteiger charge is -2.36. The van der Waals surface area contributed by atoms with Gasteiger partial charge in [0.05, 0.1) is 41.7 Å². The van der Waals surface area contributed by atoms with Crippen molar-refractivity contribution in [2.45, 2.75) is 77.1 Å². The second-order valence-corrected chi connectivity index (χ2v) is 14.1. The Hall–Kier alpha value is -3.89. The molecule has 0 unspecified atom stereocenters. The standard InChI is InChI=1S/C36H41F9N4O3S/c1-4-48(20-24-7-5-23(6-8-24)13-32(50)51)31-10-9-27(34(37,38)39)16-26(31)21-49(33-46-18-30(19-47-33)52-11-12-53-3)22(2)25-14-28(35(40,41)42)17-29(15-25)36(43,44)45/h9-10,14-19,22-24H,4-8,11-13,20-21H2,1-3H3,(H,50,51)/t22-,23-,24-/m0/s1. The molecule has 0 saturated heterocycles. The molecule has 1 heterocycles. The van der Waals surface area contributed by atoms with E-state index in [0.717, 1.165) is 12.1 Å². The van der Waals surface area contributed by atoms with E-state index in [1.165, 1.54) is 42.0 Å². The number of hydrogen-bond donors (Lipinski definition) is 1. The Morgan fingerprint density at radius 1 is 0.887 bits per heavy atom. The number of carboxylic acid groups (broad SMARTS) is 1. The molecule has 292 valence electrons. The average Bonchev–Trinajstić information content (AvgIpc) is 3.09. The molecular weight excluding hydrogens is 739 g/mol. The minimum absolute atomic E-state index is 0.0109. The molecule has 2 aromatic carbocycles. The van der Waals surface area contributed by atoms with Gasteiger partial charge in [-0.05, 0) is 105 Å². The van der Waals surface area contributed by atoms with Crippen molar-refractivity contribution in [3.05, 3.63) is 76.6 Å². The summed E-state index contributed by atoms with van der Waals surface area (Å²) in [5.74, 6) is -0.0200. The summed E-state index contributed by atoms with van der Waals surface area (Å²) in [6.45, 7) is 3.83. The van der Waals surface area contributed by atoms with Gasteiger partial charge in [-0.3, -0.25) is 4.79 Å². The van der Waals surface area contributed by atoms with Gasteiger partial charge in [0, 0.05) is 37.5 Å².